The summed E-state index contributed by atoms with van der Waals surface area (Å²) in [7, 11) is 3.09. The Morgan fingerprint density at radius 3 is 2.46 bits per heavy atom. The van der Waals surface area contributed by atoms with E-state index in [9.17, 15) is 9.59 Å². The van der Waals surface area contributed by atoms with Crippen LogP contribution in [0.4, 0.5) is 0 Å². The lowest BCUT2D eigenvalue weighted by atomic mass is 10.1. The highest BCUT2D eigenvalue weighted by molar-refractivity contribution is 5.94. The van der Waals surface area contributed by atoms with Gasteiger partial charge in [-0.15, -0.1) is 0 Å². The number of hydrazine groups is 1. The fourth-order valence-electron chi connectivity index (χ4n) is 2.27. The van der Waals surface area contributed by atoms with Crippen LogP contribution in [0.2, 0.25) is 0 Å². The van der Waals surface area contributed by atoms with Crippen molar-refractivity contribution >= 4 is 23.6 Å². The normalized spacial score (nSPS) is 10.2. The zero-order valence-electron chi connectivity index (χ0n) is 15.8. The largest absolute Gasteiger partial charge is 0.497 e. The molecule has 0 fully saturated rings. The molecular formula is C21H23N3O4. The van der Waals surface area contributed by atoms with E-state index in [2.05, 4.69) is 22.7 Å². The van der Waals surface area contributed by atoms with Crippen molar-refractivity contribution in [3.63, 3.8) is 0 Å². The molecule has 2 rings (SSSR count). The molecule has 3 N–H and O–H groups in total. The fraction of sp³-hybridized carbons (Fsp3) is 0.143. The lowest BCUT2D eigenvalue weighted by Crippen LogP contribution is -2.42. The minimum absolute atomic E-state index is 0.183. The van der Waals surface area contributed by atoms with Gasteiger partial charge in [-0.1, -0.05) is 36.9 Å². The van der Waals surface area contributed by atoms with E-state index >= 15 is 0 Å². The van der Waals surface area contributed by atoms with E-state index in [-0.39, 0.29) is 12.5 Å². The molecule has 2 aromatic carbocycles. The fourth-order valence-corrected chi connectivity index (χ4v) is 2.27. The predicted octanol–water partition coefficient (Wildman–Crippen LogP) is 2.12. The summed E-state index contributed by atoms with van der Waals surface area (Å²) < 4.78 is 10.4. The molecule has 7 nitrogen and oxygen atoms in total. The monoisotopic (exact) mass is 381 g/mol. The highest BCUT2D eigenvalue weighted by Crippen LogP contribution is 2.27. The number of amides is 2. The summed E-state index contributed by atoms with van der Waals surface area (Å²) in [5.41, 5.74) is 7.18. The molecule has 0 radical (unpaired) electrons. The second kappa shape index (κ2) is 10.4. The van der Waals surface area contributed by atoms with Crippen molar-refractivity contribution in [2.75, 3.05) is 20.8 Å². The number of hydrogen-bond donors (Lipinski definition) is 3. The third-order valence-electron chi connectivity index (χ3n) is 3.74. The van der Waals surface area contributed by atoms with Crippen LogP contribution in [0, 0.1) is 0 Å². The molecule has 0 saturated carbocycles. The van der Waals surface area contributed by atoms with Gasteiger partial charge in [-0.05, 0) is 23.8 Å². The molecule has 2 aromatic rings. The quantitative estimate of drug-likeness (QED) is 0.457. The van der Waals surface area contributed by atoms with E-state index in [1.807, 2.05) is 30.3 Å². The maximum absolute atomic E-state index is 11.9. The van der Waals surface area contributed by atoms with Crippen molar-refractivity contribution in [2.45, 2.75) is 0 Å². The number of hydrogen-bond acceptors (Lipinski definition) is 5. The van der Waals surface area contributed by atoms with E-state index in [4.69, 9.17) is 9.47 Å². The zero-order chi connectivity index (χ0) is 20.4. The summed E-state index contributed by atoms with van der Waals surface area (Å²) in [6.45, 7) is 3.69. The molecule has 0 aliphatic carbocycles. The summed E-state index contributed by atoms with van der Waals surface area (Å²) in [5.74, 6) is 0.402. The minimum Gasteiger partial charge on any atom is -0.497 e. The smallest absolute Gasteiger partial charge is 0.257 e. The van der Waals surface area contributed by atoms with Gasteiger partial charge >= 0.3 is 0 Å². The van der Waals surface area contributed by atoms with E-state index in [1.54, 1.807) is 31.4 Å². The van der Waals surface area contributed by atoms with Gasteiger partial charge in [0, 0.05) is 17.7 Å². The first-order valence-corrected chi connectivity index (χ1v) is 8.50. The average Bonchev–Trinajstić information content (AvgIpc) is 2.74. The third kappa shape index (κ3) is 6.21. The Balaban J connectivity index is 1.80. The van der Waals surface area contributed by atoms with Crippen LogP contribution < -0.4 is 25.6 Å². The number of carbonyl (C=O) groups excluding carboxylic acids is 2. The van der Waals surface area contributed by atoms with Gasteiger partial charge in [0.2, 0.25) is 5.91 Å². The molecular weight excluding hydrogens is 358 g/mol. The van der Waals surface area contributed by atoms with Gasteiger partial charge in [0.1, 0.15) is 11.5 Å². The van der Waals surface area contributed by atoms with Crippen LogP contribution in [-0.2, 0) is 9.59 Å². The van der Waals surface area contributed by atoms with Crippen LogP contribution in [0.1, 0.15) is 11.1 Å². The highest BCUT2D eigenvalue weighted by Gasteiger charge is 2.09. The highest BCUT2D eigenvalue weighted by atomic mass is 16.5. The third-order valence-corrected chi connectivity index (χ3v) is 3.74. The van der Waals surface area contributed by atoms with Gasteiger partial charge < -0.3 is 14.8 Å². The molecule has 2 amide bonds. The Hall–Kier alpha value is -3.74. The number of carbonyl (C=O) groups is 2. The maximum Gasteiger partial charge on any atom is 0.257 e. The molecule has 0 aliphatic rings. The lowest BCUT2D eigenvalue weighted by molar-refractivity contribution is -0.124. The van der Waals surface area contributed by atoms with E-state index < -0.39 is 5.91 Å². The van der Waals surface area contributed by atoms with Crippen LogP contribution in [0.5, 0.6) is 11.5 Å². The molecule has 0 atom stereocenters. The first-order valence-electron chi connectivity index (χ1n) is 8.50. The van der Waals surface area contributed by atoms with Crippen LogP contribution >= 0.6 is 0 Å². The molecule has 0 aliphatic heterocycles. The standard InChI is InChI=1S/C21H23N3O4/c1-15(18-11-10-17(27-2)13-19(18)28-3)23-24-21(26)14-22-20(25)12-9-16-7-5-4-6-8-16/h4-13,23H,1,14H2,2-3H3,(H,22,25)(H,24,26)/b12-9+. The number of rotatable bonds is 9. The maximum atomic E-state index is 11.9. The van der Waals surface area contributed by atoms with Gasteiger partial charge in [0.15, 0.2) is 0 Å². The van der Waals surface area contributed by atoms with Crippen molar-refractivity contribution < 1.29 is 19.1 Å². The van der Waals surface area contributed by atoms with Crippen LogP contribution in [0.25, 0.3) is 11.8 Å². The van der Waals surface area contributed by atoms with Crippen molar-refractivity contribution in [3.05, 3.63) is 72.3 Å². The van der Waals surface area contributed by atoms with Gasteiger partial charge in [-0.2, -0.15) is 0 Å². The number of benzene rings is 2. The van der Waals surface area contributed by atoms with Gasteiger partial charge in [0.05, 0.1) is 26.5 Å². The Kier molecular flexibility index (Phi) is 7.65. The van der Waals surface area contributed by atoms with E-state index in [1.165, 1.54) is 13.2 Å². The molecule has 7 heteroatoms. The molecule has 0 aromatic heterocycles. The van der Waals surface area contributed by atoms with E-state index in [0.29, 0.717) is 22.8 Å². The zero-order valence-corrected chi connectivity index (χ0v) is 15.8. The Labute approximate surface area is 164 Å². The van der Waals surface area contributed by atoms with Crippen molar-refractivity contribution in [3.8, 4) is 11.5 Å². The molecule has 0 unspecified atom stereocenters. The van der Waals surface area contributed by atoms with Crippen molar-refractivity contribution in [1.29, 1.82) is 0 Å². The average molecular weight is 381 g/mol. The topological polar surface area (TPSA) is 88.7 Å². The predicted molar refractivity (Wildman–Crippen MR) is 108 cm³/mol. The number of nitrogens with one attached hydrogen (secondary N) is 3. The molecule has 28 heavy (non-hydrogen) atoms. The second-order valence-corrected chi connectivity index (χ2v) is 5.68. The molecule has 0 heterocycles. The molecule has 146 valence electrons. The van der Waals surface area contributed by atoms with Crippen molar-refractivity contribution in [2.24, 2.45) is 0 Å². The Morgan fingerprint density at radius 1 is 1.04 bits per heavy atom. The number of methoxy groups -OCH3 is 2. The van der Waals surface area contributed by atoms with E-state index in [0.717, 1.165) is 5.56 Å². The van der Waals surface area contributed by atoms with Crippen LogP contribution in [0.15, 0.2) is 61.2 Å². The summed E-state index contributed by atoms with van der Waals surface area (Å²) in [6.07, 6.45) is 3.04. The molecule has 0 bridgehead atoms. The van der Waals surface area contributed by atoms with Crippen LogP contribution in [0.3, 0.4) is 0 Å². The second-order valence-electron chi connectivity index (χ2n) is 5.68. The van der Waals surface area contributed by atoms with Crippen molar-refractivity contribution in [1.82, 2.24) is 16.2 Å². The lowest BCUT2D eigenvalue weighted by Gasteiger charge is -2.15. The Bertz CT molecular complexity index is 863. The summed E-state index contributed by atoms with van der Waals surface area (Å²) in [6, 6.07) is 14.6. The van der Waals surface area contributed by atoms with Gasteiger partial charge in [0.25, 0.3) is 5.91 Å². The van der Waals surface area contributed by atoms with Gasteiger partial charge in [-0.3, -0.25) is 20.4 Å². The number of ether oxygens (including phenoxy) is 2. The van der Waals surface area contributed by atoms with Gasteiger partial charge in [-0.25, -0.2) is 0 Å². The van der Waals surface area contributed by atoms with Crippen LogP contribution in [-0.4, -0.2) is 32.6 Å². The Morgan fingerprint density at radius 2 is 1.79 bits per heavy atom. The summed E-state index contributed by atoms with van der Waals surface area (Å²) in [5, 5.41) is 2.51. The first kappa shape index (κ1) is 20.6. The summed E-state index contributed by atoms with van der Waals surface area (Å²) >= 11 is 0. The summed E-state index contributed by atoms with van der Waals surface area (Å²) in [4.78, 5) is 23.7. The first-order chi connectivity index (χ1) is 13.5. The molecule has 0 spiro atoms. The SMILES string of the molecule is C=C(NNC(=O)CNC(=O)/C=C/c1ccccc1)c1ccc(OC)cc1OC. The molecule has 0 saturated heterocycles. The minimum atomic E-state index is -0.421.